The molecular weight excluding hydrogens is 247 g/mol. The molecule has 0 aromatic carbocycles. The third-order valence-electron chi connectivity index (χ3n) is 1.54. The number of carbonyl (C=O) groups is 2. The Bertz CT molecular complexity index is 293. The molecule has 0 radical (unpaired) electrons. The second-order valence-corrected chi connectivity index (χ2v) is 2.77. The highest BCUT2D eigenvalue weighted by atomic mass is 19.4. The van der Waals surface area contributed by atoms with Crippen molar-refractivity contribution in [3.63, 3.8) is 0 Å². The molecule has 0 saturated heterocycles. The number of alkyl halides is 3. The van der Waals surface area contributed by atoms with Crippen LogP contribution >= 0.6 is 0 Å². The first-order valence-corrected chi connectivity index (χ1v) is 4.60. The number of hydrogen-bond donors (Lipinski definition) is 2. The number of amides is 1. The normalized spacial score (nSPS) is 14.7. The van der Waals surface area contributed by atoms with Crippen molar-refractivity contribution in [3.05, 3.63) is 0 Å². The van der Waals surface area contributed by atoms with Crippen LogP contribution in [-0.2, 0) is 14.3 Å². The number of carbonyl (C=O) groups excluding carboxylic acids is 2. The molecule has 0 aliphatic carbocycles. The highest BCUT2D eigenvalue weighted by Crippen LogP contribution is 2.29. The smallest absolute Gasteiger partial charge is 0.448 e. The quantitative estimate of drug-likeness (QED) is 0.568. The predicted octanol–water partition coefficient (Wildman–Crippen LogP) is 0.547. The monoisotopic (exact) mass is 259 g/mol. The van der Waals surface area contributed by atoms with E-state index in [1.807, 2.05) is 0 Å². The topological polar surface area (TPSA) is 84.9 Å². The van der Waals surface area contributed by atoms with Gasteiger partial charge in [0.05, 0.1) is 13.2 Å². The van der Waals surface area contributed by atoms with Gasteiger partial charge in [0.15, 0.2) is 0 Å². The number of hydrogen-bond acceptors (Lipinski definition) is 5. The SMILES string of the molecule is CCOC(=O)N[C@@](O)(C(=O)OCC)C(F)(F)F. The Kier molecular flexibility index (Phi) is 5.20. The number of aliphatic hydroxyl groups is 1. The zero-order valence-corrected chi connectivity index (χ0v) is 9.13. The zero-order valence-electron chi connectivity index (χ0n) is 9.13. The highest BCUT2D eigenvalue weighted by Gasteiger charge is 2.62. The summed E-state index contributed by atoms with van der Waals surface area (Å²) in [6, 6.07) is 0. The Morgan fingerprint density at radius 3 is 2.00 bits per heavy atom. The summed E-state index contributed by atoms with van der Waals surface area (Å²) >= 11 is 0. The largest absolute Gasteiger partial charge is 0.462 e. The minimum atomic E-state index is -5.42. The van der Waals surface area contributed by atoms with Crippen molar-refractivity contribution < 1.29 is 37.3 Å². The van der Waals surface area contributed by atoms with Crippen molar-refractivity contribution in [1.82, 2.24) is 5.32 Å². The maximum atomic E-state index is 12.5. The van der Waals surface area contributed by atoms with Gasteiger partial charge < -0.3 is 14.6 Å². The van der Waals surface area contributed by atoms with E-state index >= 15 is 0 Å². The first-order valence-electron chi connectivity index (χ1n) is 4.60. The molecule has 0 aliphatic rings. The number of nitrogens with one attached hydrogen (secondary N) is 1. The zero-order chi connectivity index (χ0) is 13.7. The molecule has 0 rings (SSSR count). The van der Waals surface area contributed by atoms with Gasteiger partial charge in [0.2, 0.25) is 0 Å². The first kappa shape index (κ1) is 15.5. The standard InChI is InChI=1S/C8H12F3NO5/c1-3-16-5(13)7(15,8(9,10)11)12-6(14)17-4-2/h15H,3-4H2,1-2H3,(H,12,14)/t7-/m1/s1. The van der Waals surface area contributed by atoms with Crippen LogP contribution in [0.5, 0.6) is 0 Å². The van der Waals surface area contributed by atoms with Crippen molar-refractivity contribution in [1.29, 1.82) is 0 Å². The summed E-state index contributed by atoms with van der Waals surface area (Å²) in [6.45, 7) is 1.99. The molecule has 17 heavy (non-hydrogen) atoms. The molecule has 0 aromatic rings. The summed E-state index contributed by atoms with van der Waals surface area (Å²) in [5, 5.41) is 10.1. The van der Waals surface area contributed by atoms with E-state index in [1.165, 1.54) is 13.8 Å². The van der Waals surface area contributed by atoms with Crippen molar-refractivity contribution >= 4 is 12.1 Å². The second kappa shape index (κ2) is 5.71. The van der Waals surface area contributed by atoms with E-state index in [0.29, 0.717) is 0 Å². The average Bonchev–Trinajstić information content (AvgIpc) is 2.16. The van der Waals surface area contributed by atoms with E-state index in [9.17, 15) is 22.8 Å². The van der Waals surface area contributed by atoms with Gasteiger partial charge in [0.1, 0.15) is 0 Å². The maximum absolute atomic E-state index is 12.5. The van der Waals surface area contributed by atoms with Crippen LogP contribution in [0.1, 0.15) is 13.8 Å². The third kappa shape index (κ3) is 3.77. The van der Waals surface area contributed by atoms with E-state index < -0.39 is 24.0 Å². The van der Waals surface area contributed by atoms with E-state index in [-0.39, 0.29) is 13.2 Å². The minimum absolute atomic E-state index is 0.220. The number of esters is 1. The van der Waals surface area contributed by atoms with Gasteiger partial charge in [-0.25, -0.2) is 9.59 Å². The Morgan fingerprint density at radius 2 is 1.65 bits per heavy atom. The van der Waals surface area contributed by atoms with Crippen molar-refractivity contribution in [2.24, 2.45) is 0 Å². The van der Waals surface area contributed by atoms with E-state index in [4.69, 9.17) is 5.11 Å². The van der Waals surface area contributed by atoms with Crippen LogP contribution in [0.3, 0.4) is 0 Å². The molecule has 6 nitrogen and oxygen atoms in total. The fourth-order valence-corrected chi connectivity index (χ4v) is 0.788. The lowest BCUT2D eigenvalue weighted by molar-refractivity contribution is -0.269. The van der Waals surface area contributed by atoms with Crippen LogP contribution in [-0.4, -0.2) is 42.3 Å². The molecule has 0 bridgehead atoms. The molecular formula is C8H12F3NO5. The van der Waals surface area contributed by atoms with E-state index in [1.54, 1.807) is 0 Å². The molecule has 0 aliphatic heterocycles. The molecule has 0 saturated carbocycles. The van der Waals surface area contributed by atoms with Crippen LogP contribution in [0.25, 0.3) is 0 Å². The predicted molar refractivity (Wildman–Crippen MR) is 47.8 cm³/mol. The van der Waals surface area contributed by atoms with Crippen LogP contribution < -0.4 is 5.32 Å². The maximum Gasteiger partial charge on any atom is 0.448 e. The van der Waals surface area contributed by atoms with Crippen LogP contribution in [0.4, 0.5) is 18.0 Å². The van der Waals surface area contributed by atoms with Gasteiger partial charge in [0, 0.05) is 0 Å². The Morgan fingerprint density at radius 1 is 1.18 bits per heavy atom. The summed E-state index contributed by atoms with van der Waals surface area (Å²) in [4.78, 5) is 21.8. The van der Waals surface area contributed by atoms with Crippen molar-refractivity contribution in [2.75, 3.05) is 13.2 Å². The molecule has 1 atom stereocenters. The average molecular weight is 259 g/mol. The summed E-state index contributed by atoms with van der Waals surface area (Å²) in [5.41, 5.74) is -4.12. The summed E-state index contributed by atoms with van der Waals surface area (Å²) in [6.07, 6.45) is -7.01. The van der Waals surface area contributed by atoms with Crippen LogP contribution in [0.15, 0.2) is 0 Å². The fraction of sp³-hybridized carbons (Fsp3) is 0.750. The third-order valence-corrected chi connectivity index (χ3v) is 1.54. The molecule has 0 fully saturated rings. The molecule has 9 heteroatoms. The molecule has 1 amide bonds. The van der Waals surface area contributed by atoms with Gasteiger partial charge >= 0.3 is 24.0 Å². The van der Waals surface area contributed by atoms with Gasteiger partial charge in [-0.3, -0.25) is 5.32 Å². The molecule has 0 aromatic heterocycles. The van der Waals surface area contributed by atoms with Crippen molar-refractivity contribution in [2.45, 2.75) is 25.7 Å². The highest BCUT2D eigenvalue weighted by molar-refractivity contribution is 5.84. The molecule has 0 heterocycles. The molecule has 0 unspecified atom stereocenters. The van der Waals surface area contributed by atoms with Gasteiger partial charge in [-0.05, 0) is 13.8 Å². The number of alkyl carbamates (subject to hydrolysis) is 1. The lowest BCUT2D eigenvalue weighted by Crippen LogP contribution is -2.64. The number of rotatable bonds is 4. The fourth-order valence-electron chi connectivity index (χ4n) is 0.788. The van der Waals surface area contributed by atoms with E-state index in [2.05, 4.69) is 9.47 Å². The van der Waals surface area contributed by atoms with Crippen LogP contribution in [0.2, 0.25) is 0 Å². The molecule has 100 valence electrons. The van der Waals surface area contributed by atoms with Gasteiger partial charge in [-0.15, -0.1) is 0 Å². The Hall–Kier alpha value is -1.51. The summed E-state index contributed by atoms with van der Waals surface area (Å²) in [7, 11) is 0. The van der Waals surface area contributed by atoms with Gasteiger partial charge in [0.25, 0.3) is 0 Å². The lowest BCUT2D eigenvalue weighted by Gasteiger charge is -2.27. The minimum Gasteiger partial charge on any atom is -0.462 e. The Labute approximate surface area is 94.7 Å². The number of halogens is 3. The second-order valence-electron chi connectivity index (χ2n) is 2.77. The van der Waals surface area contributed by atoms with Gasteiger partial charge in [-0.1, -0.05) is 0 Å². The van der Waals surface area contributed by atoms with Crippen LogP contribution in [0, 0.1) is 0 Å². The van der Waals surface area contributed by atoms with Gasteiger partial charge in [-0.2, -0.15) is 13.2 Å². The lowest BCUT2D eigenvalue weighted by atomic mass is 10.2. The summed E-state index contributed by atoms with van der Waals surface area (Å²) < 4.78 is 45.5. The number of ether oxygens (including phenoxy) is 2. The first-order chi connectivity index (χ1) is 7.69. The summed E-state index contributed by atoms with van der Waals surface area (Å²) in [5.74, 6) is -2.03. The molecule has 2 N–H and O–H groups in total. The molecule has 0 spiro atoms. The van der Waals surface area contributed by atoms with Crippen molar-refractivity contribution in [3.8, 4) is 0 Å². The van der Waals surface area contributed by atoms with E-state index in [0.717, 1.165) is 5.32 Å². The Balaban J connectivity index is 4.99.